The average Bonchev–Trinajstić information content (AvgIpc) is 3.00. The van der Waals surface area contributed by atoms with Gasteiger partial charge in [0.1, 0.15) is 0 Å². The molecule has 0 fully saturated rings. The van der Waals surface area contributed by atoms with Crippen LogP contribution < -0.4 is 0 Å². The number of rotatable bonds is 0. The van der Waals surface area contributed by atoms with E-state index in [4.69, 9.17) is 0 Å². The molecule has 4 heteroatoms. The Hall–Kier alpha value is -3.01. The first kappa shape index (κ1) is 13.0. The van der Waals surface area contributed by atoms with Crippen molar-refractivity contribution in [1.29, 1.82) is 0 Å². The first-order chi connectivity index (χ1) is 10.2. The van der Waals surface area contributed by atoms with Crippen LogP contribution in [0.25, 0.3) is 16.6 Å². The van der Waals surface area contributed by atoms with Crippen molar-refractivity contribution in [2.75, 3.05) is 0 Å². The molecule has 0 aliphatic heterocycles. The van der Waals surface area contributed by atoms with Gasteiger partial charge in [-0.25, -0.2) is 0 Å². The normalized spacial score (nSPS) is 13.5. The van der Waals surface area contributed by atoms with E-state index >= 15 is 0 Å². The summed E-state index contributed by atoms with van der Waals surface area (Å²) in [7, 11) is 0. The number of hydrogen-bond acceptors (Lipinski definition) is 3. The summed E-state index contributed by atoms with van der Waals surface area (Å²) in [4.78, 5) is 24.9. The number of aromatic nitrogens is 2. The molecule has 4 rings (SSSR count). The number of fused-ring (bicyclic) bond motifs is 3. The molecule has 0 amide bonds. The van der Waals surface area contributed by atoms with E-state index in [9.17, 15) is 9.59 Å². The number of para-hydroxylation sites is 2. The van der Waals surface area contributed by atoms with Crippen LogP contribution in [-0.4, -0.2) is 21.0 Å². The van der Waals surface area contributed by atoms with Crippen molar-refractivity contribution in [2.24, 2.45) is 0 Å². The summed E-state index contributed by atoms with van der Waals surface area (Å²) in [5.41, 5.74) is 3.33. The zero-order valence-electron chi connectivity index (χ0n) is 11.1. The van der Waals surface area contributed by atoms with Gasteiger partial charge in [0, 0.05) is 6.20 Å². The average molecular weight is 276 g/mol. The van der Waals surface area contributed by atoms with Gasteiger partial charge < -0.3 is 4.40 Å². The number of carbonyl (C=O) groups excluding carboxylic acids is 2. The zero-order valence-corrected chi connectivity index (χ0v) is 11.1. The van der Waals surface area contributed by atoms with Gasteiger partial charge in [-0.1, -0.05) is 12.1 Å². The minimum atomic E-state index is -0.121. The van der Waals surface area contributed by atoms with Gasteiger partial charge in [-0.15, -0.1) is 0 Å². The smallest absolute Gasteiger partial charge is 0.178 e. The van der Waals surface area contributed by atoms with E-state index in [2.05, 4.69) is 27.7 Å². The molecule has 1 aromatic carbocycles. The summed E-state index contributed by atoms with van der Waals surface area (Å²) in [6.45, 7) is 0. The monoisotopic (exact) mass is 276 g/mol. The lowest BCUT2D eigenvalue weighted by Crippen LogP contribution is -1.97. The van der Waals surface area contributed by atoms with Crippen molar-refractivity contribution in [2.45, 2.75) is 0 Å². The predicted molar refractivity (Wildman–Crippen MR) is 81.0 cm³/mol. The number of nitrogens with zero attached hydrogens (tertiary/aromatic N) is 2. The Morgan fingerprint density at radius 3 is 2.19 bits per heavy atom. The highest BCUT2D eigenvalue weighted by molar-refractivity contribution is 6.14. The van der Waals surface area contributed by atoms with Gasteiger partial charge in [0.25, 0.3) is 0 Å². The number of hydrogen-bond donors (Lipinski definition) is 0. The minimum absolute atomic E-state index is 0.121. The molecule has 0 spiro atoms. The Morgan fingerprint density at radius 1 is 0.810 bits per heavy atom. The second-order valence-corrected chi connectivity index (χ2v) is 4.52. The summed E-state index contributed by atoms with van der Waals surface area (Å²) in [6.07, 6.45) is 8.96. The summed E-state index contributed by atoms with van der Waals surface area (Å²) < 4.78 is 2.14. The second-order valence-electron chi connectivity index (χ2n) is 4.52. The number of allylic oxidation sites excluding steroid dienone is 4. The lowest BCUT2D eigenvalue weighted by molar-refractivity contribution is -0.113. The van der Waals surface area contributed by atoms with E-state index < -0.39 is 0 Å². The fraction of sp³-hybridized carbons (Fsp3) is 0. The van der Waals surface area contributed by atoms with Crippen LogP contribution in [0.3, 0.4) is 0 Å². The van der Waals surface area contributed by atoms with Gasteiger partial charge in [0.2, 0.25) is 0 Å². The molecule has 2 heterocycles. The minimum Gasteiger partial charge on any atom is -0.314 e. The molecular weight excluding hydrogens is 264 g/mol. The molecule has 1 aliphatic carbocycles. The van der Waals surface area contributed by atoms with E-state index in [0.29, 0.717) is 0 Å². The molecule has 0 saturated carbocycles. The van der Waals surface area contributed by atoms with Crippen molar-refractivity contribution >= 4 is 28.1 Å². The van der Waals surface area contributed by atoms with E-state index in [1.54, 1.807) is 0 Å². The standard InChI is InChI=1S/C11H8N2.C6H4O2/c1-2-6-11-10(5-1)12-8-9-4-3-7-13(9)11;7-5-1-2-6(8)4-3-5/h1-8H;1-4H. The van der Waals surface area contributed by atoms with Crippen LogP contribution in [0.4, 0.5) is 0 Å². The Balaban J connectivity index is 0.000000143. The molecule has 21 heavy (non-hydrogen) atoms. The van der Waals surface area contributed by atoms with Crippen molar-refractivity contribution in [3.05, 3.63) is 73.1 Å². The van der Waals surface area contributed by atoms with Gasteiger partial charge in [0.05, 0.1) is 22.7 Å². The number of carbonyl (C=O) groups is 2. The molecule has 0 unspecified atom stereocenters. The SMILES string of the molecule is O=C1C=CC(=O)C=C1.c1ccc2c(c1)ncc1cccn12. The van der Waals surface area contributed by atoms with Gasteiger partial charge in [-0.3, -0.25) is 14.6 Å². The van der Waals surface area contributed by atoms with Crippen LogP contribution in [0.1, 0.15) is 0 Å². The summed E-state index contributed by atoms with van der Waals surface area (Å²) in [5, 5.41) is 0. The molecule has 0 saturated heterocycles. The number of ketones is 2. The van der Waals surface area contributed by atoms with Crippen molar-refractivity contribution in [3.8, 4) is 0 Å². The molecule has 3 aromatic rings. The third kappa shape index (κ3) is 2.79. The van der Waals surface area contributed by atoms with Gasteiger partial charge in [0.15, 0.2) is 11.6 Å². The molecular formula is C17H12N2O2. The molecule has 0 N–H and O–H groups in total. The highest BCUT2D eigenvalue weighted by atomic mass is 16.1. The largest absolute Gasteiger partial charge is 0.314 e. The van der Waals surface area contributed by atoms with Crippen LogP contribution in [0.15, 0.2) is 73.1 Å². The van der Waals surface area contributed by atoms with Gasteiger partial charge >= 0.3 is 0 Å². The van der Waals surface area contributed by atoms with E-state index in [1.807, 2.05) is 30.5 Å². The Labute approximate surface area is 121 Å². The summed E-state index contributed by atoms with van der Waals surface area (Å²) in [5.74, 6) is -0.241. The van der Waals surface area contributed by atoms with E-state index in [0.717, 1.165) is 16.6 Å². The first-order valence-electron chi connectivity index (χ1n) is 6.49. The third-order valence-corrected chi connectivity index (χ3v) is 3.08. The van der Waals surface area contributed by atoms with Gasteiger partial charge in [-0.2, -0.15) is 0 Å². The molecule has 0 bridgehead atoms. The maximum absolute atomic E-state index is 10.3. The Bertz CT molecular complexity index is 850. The van der Waals surface area contributed by atoms with Crippen molar-refractivity contribution in [1.82, 2.24) is 9.38 Å². The second kappa shape index (κ2) is 5.54. The first-order valence-corrected chi connectivity index (χ1v) is 6.49. The Morgan fingerprint density at radius 2 is 1.48 bits per heavy atom. The van der Waals surface area contributed by atoms with Gasteiger partial charge in [-0.05, 0) is 48.6 Å². The van der Waals surface area contributed by atoms with Crippen LogP contribution in [0.2, 0.25) is 0 Å². The van der Waals surface area contributed by atoms with E-state index in [1.165, 1.54) is 24.3 Å². The van der Waals surface area contributed by atoms with Crippen LogP contribution in [-0.2, 0) is 9.59 Å². The lowest BCUT2D eigenvalue weighted by atomic mass is 10.2. The molecule has 4 nitrogen and oxygen atoms in total. The summed E-state index contributed by atoms with van der Waals surface area (Å²) in [6, 6.07) is 12.2. The van der Waals surface area contributed by atoms with Crippen LogP contribution in [0, 0.1) is 0 Å². The maximum atomic E-state index is 10.3. The van der Waals surface area contributed by atoms with Crippen LogP contribution in [0.5, 0.6) is 0 Å². The number of benzene rings is 1. The van der Waals surface area contributed by atoms with Crippen molar-refractivity contribution < 1.29 is 9.59 Å². The highest BCUT2D eigenvalue weighted by Crippen LogP contribution is 2.13. The fourth-order valence-electron chi connectivity index (χ4n) is 2.07. The molecule has 0 atom stereocenters. The highest BCUT2D eigenvalue weighted by Gasteiger charge is 1.98. The molecule has 0 radical (unpaired) electrons. The topological polar surface area (TPSA) is 51.4 Å². The molecule has 1 aliphatic rings. The Kier molecular flexibility index (Phi) is 3.43. The third-order valence-electron chi connectivity index (χ3n) is 3.08. The fourth-order valence-corrected chi connectivity index (χ4v) is 2.07. The summed E-state index contributed by atoms with van der Waals surface area (Å²) >= 11 is 0. The van der Waals surface area contributed by atoms with Crippen LogP contribution >= 0.6 is 0 Å². The molecule has 2 aromatic heterocycles. The lowest BCUT2D eigenvalue weighted by Gasteiger charge is -2.00. The zero-order chi connectivity index (χ0) is 14.7. The van der Waals surface area contributed by atoms with Crippen molar-refractivity contribution in [3.63, 3.8) is 0 Å². The molecule has 102 valence electrons. The predicted octanol–water partition coefficient (Wildman–Crippen LogP) is 2.74. The van der Waals surface area contributed by atoms with E-state index in [-0.39, 0.29) is 11.6 Å². The maximum Gasteiger partial charge on any atom is 0.178 e. The quantitative estimate of drug-likeness (QED) is 0.593.